The molecule has 1 rings (SSSR count). The summed E-state index contributed by atoms with van der Waals surface area (Å²) >= 11 is 3.24. The zero-order valence-corrected chi connectivity index (χ0v) is 12.9. The number of carboxylic acids is 1. The summed E-state index contributed by atoms with van der Waals surface area (Å²) < 4.78 is 0.486. The van der Waals surface area contributed by atoms with E-state index in [-0.39, 0.29) is 17.0 Å². The average Bonchev–Trinajstić information content (AvgIpc) is 2.38. The van der Waals surface area contributed by atoms with Gasteiger partial charge in [0.15, 0.2) is 0 Å². The Morgan fingerprint density at radius 3 is 2.32 bits per heavy atom. The van der Waals surface area contributed by atoms with Gasteiger partial charge in [-0.3, -0.25) is 4.79 Å². The molecule has 0 atom stereocenters. The predicted octanol–water partition coefficient (Wildman–Crippen LogP) is 3.46. The normalized spacial score (nSPS) is 11.2. The third-order valence-electron chi connectivity index (χ3n) is 3.44. The number of hydrogen-bond donors (Lipinski definition) is 2. The Morgan fingerprint density at radius 2 is 1.89 bits per heavy atom. The Morgan fingerprint density at radius 1 is 1.32 bits per heavy atom. The highest BCUT2D eigenvalue weighted by molar-refractivity contribution is 9.10. The van der Waals surface area contributed by atoms with E-state index in [2.05, 4.69) is 21.2 Å². The first kappa shape index (κ1) is 15.7. The number of carbonyl (C=O) groups is 2. The highest BCUT2D eigenvalue weighted by Crippen LogP contribution is 2.21. The van der Waals surface area contributed by atoms with Crippen LogP contribution < -0.4 is 5.32 Å². The summed E-state index contributed by atoms with van der Waals surface area (Å²) in [6, 6.07) is 4.39. The van der Waals surface area contributed by atoms with E-state index in [0.717, 1.165) is 12.8 Å². The molecule has 0 radical (unpaired) electrons. The second-order valence-corrected chi connectivity index (χ2v) is 5.58. The smallest absolute Gasteiger partial charge is 0.335 e. The molecule has 4 nitrogen and oxygen atoms in total. The zero-order chi connectivity index (χ0) is 14.6. The van der Waals surface area contributed by atoms with E-state index >= 15 is 0 Å². The lowest BCUT2D eigenvalue weighted by atomic mass is 9.95. The summed E-state index contributed by atoms with van der Waals surface area (Å²) in [5.74, 6) is -1.21. The number of aromatic carboxylic acids is 1. The van der Waals surface area contributed by atoms with Gasteiger partial charge in [0, 0.05) is 10.0 Å². The number of hydrogen-bond acceptors (Lipinski definition) is 2. The molecule has 104 valence electrons. The molecule has 0 unspecified atom stereocenters. The van der Waals surface area contributed by atoms with Gasteiger partial charge in [0.2, 0.25) is 0 Å². The van der Waals surface area contributed by atoms with Crippen molar-refractivity contribution in [1.82, 2.24) is 5.32 Å². The van der Waals surface area contributed by atoms with Gasteiger partial charge in [-0.2, -0.15) is 0 Å². The molecule has 0 heterocycles. The molecule has 1 amide bonds. The molecule has 0 saturated heterocycles. The van der Waals surface area contributed by atoms with Crippen LogP contribution in [0.25, 0.3) is 0 Å². The summed E-state index contributed by atoms with van der Waals surface area (Å²) in [5, 5.41) is 11.9. The molecular weight excluding hydrogens is 310 g/mol. The van der Waals surface area contributed by atoms with Gasteiger partial charge in [0.25, 0.3) is 5.91 Å². The Kier molecular flexibility index (Phi) is 5.11. The molecule has 0 aliphatic heterocycles. The molecule has 0 aliphatic carbocycles. The molecule has 19 heavy (non-hydrogen) atoms. The average molecular weight is 328 g/mol. The van der Waals surface area contributed by atoms with Gasteiger partial charge >= 0.3 is 5.97 Å². The van der Waals surface area contributed by atoms with Crippen LogP contribution in [0.5, 0.6) is 0 Å². The van der Waals surface area contributed by atoms with Crippen molar-refractivity contribution in [2.75, 3.05) is 0 Å². The predicted molar refractivity (Wildman–Crippen MR) is 77.6 cm³/mol. The van der Waals surface area contributed by atoms with Crippen LogP contribution in [0.4, 0.5) is 0 Å². The van der Waals surface area contributed by atoms with Gasteiger partial charge in [-0.05, 0) is 53.9 Å². The Bertz CT molecular complexity index is 495. The van der Waals surface area contributed by atoms with E-state index in [0.29, 0.717) is 10.0 Å². The topological polar surface area (TPSA) is 66.4 Å². The first-order valence-corrected chi connectivity index (χ1v) is 6.97. The van der Waals surface area contributed by atoms with Crippen LogP contribution in [-0.4, -0.2) is 22.5 Å². The largest absolute Gasteiger partial charge is 0.478 e. The highest BCUT2D eigenvalue weighted by atomic mass is 79.9. The number of benzene rings is 1. The lowest BCUT2D eigenvalue weighted by molar-refractivity contribution is 0.0696. The van der Waals surface area contributed by atoms with Crippen molar-refractivity contribution in [3.8, 4) is 0 Å². The molecule has 0 fully saturated rings. The molecule has 2 N–H and O–H groups in total. The minimum Gasteiger partial charge on any atom is -0.478 e. The fourth-order valence-electron chi connectivity index (χ4n) is 1.60. The molecular formula is C14H18BrNO3. The van der Waals surface area contributed by atoms with E-state index in [1.54, 1.807) is 0 Å². The van der Waals surface area contributed by atoms with Gasteiger partial charge in [-0.1, -0.05) is 13.8 Å². The number of rotatable bonds is 5. The third-order valence-corrected chi connectivity index (χ3v) is 4.09. The van der Waals surface area contributed by atoms with Gasteiger partial charge in [0.1, 0.15) is 0 Å². The van der Waals surface area contributed by atoms with Crippen molar-refractivity contribution >= 4 is 27.8 Å². The Hall–Kier alpha value is -1.36. The van der Waals surface area contributed by atoms with Crippen molar-refractivity contribution in [3.63, 3.8) is 0 Å². The van der Waals surface area contributed by atoms with Crippen molar-refractivity contribution in [1.29, 1.82) is 0 Å². The first-order valence-electron chi connectivity index (χ1n) is 6.18. The molecule has 0 bridgehead atoms. The summed E-state index contributed by atoms with van der Waals surface area (Å²) in [5.41, 5.74) is 0.345. The molecule has 0 aromatic heterocycles. The summed E-state index contributed by atoms with van der Waals surface area (Å²) in [4.78, 5) is 23.0. The third kappa shape index (κ3) is 3.80. The van der Waals surface area contributed by atoms with E-state index in [1.165, 1.54) is 18.2 Å². The van der Waals surface area contributed by atoms with Crippen LogP contribution in [0.15, 0.2) is 22.7 Å². The van der Waals surface area contributed by atoms with Gasteiger partial charge < -0.3 is 10.4 Å². The van der Waals surface area contributed by atoms with E-state index in [4.69, 9.17) is 5.11 Å². The molecule has 5 heteroatoms. The molecule has 1 aromatic carbocycles. The lowest BCUT2D eigenvalue weighted by Crippen LogP contribution is -2.45. The maximum Gasteiger partial charge on any atom is 0.335 e. The summed E-state index contributed by atoms with van der Waals surface area (Å²) in [6.45, 7) is 6.03. The van der Waals surface area contributed by atoms with Crippen molar-refractivity contribution in [2.45, 2.75) is 39.2 Å². The molecule has 1 aromatic rings. The maximum absolute atomic E-state index is 12.2. The van der Waals surface area contributed by atoms with Crippen LogP contribution in [0.1, 0.15) is 54.3 Å². The van der Waals surface area contributed by atoms with Crippen LogP contribution in [0.2, 0.25) is 0 Å². The van der Waals surface area contributed by atoms with Gasteiger partial charge in [0.05, 0.1) is 11.1 Å². The Labute approximate surface area is 121 Å². The lowest BCUT2D eigenvalue weighted by Gasteiger charge is -2.28. The van der Waals surface area contributed by atoms with Crippen LogP contribution in [0.3, 0.4) is 0 Å². The fraction of sp³-hybridized carbons (Fsp3) is 0.429. The van der Waals surface area contributed by atoms with E-state index in [9.17, 15) is 9.59 Å². The van der Waals surface area contributed by atoms with E-state index < -0.39 is 5.97 Å². The molecule has 0 saturated carbocycles. The van der Waals surface area contributed by atoms with Crippen molar-refractivity contribution in [3.05, 3.63) is 33.8 Å². The van der Waals surface area contributed by atoms with Crippen LogP contribution >= 0.6 is 15.9 Å². The number of carboxylic acid groups (broad SMARTS) is 1. The fourth-order valence-corrected chi connectivity index (χ4v) is 2.16. The summed E-state index contributed by atoms with van der Waals surface area (Å²) in [7, 11) is 0. The van der Waals surface area contributed by atoms with Gasteiger partial charge in [-0.15, -0.1) is 0 Å². The van der Waals surface area contributed by atoms with Gasteiger partial charge in [-0.25, -0.2) is 4.79 Å². The standard InChI is InChI=1S/C14H18BrNO3/c1-4-14(3,5-2)16-12(17)10-7-6-9(13(18)19)8-11(10)15/h6-8H,4-5H2,1-3H3,(H,16,17)(H,18,19). The first-order chi connectivity index (χ1) is 8.83. The minimum atomic E-state index is -1.01. The number of halogens is 1. The van der Waals surface area contributed by atoms with Crippen LogP contribution in [-0.2, 0) is 0 Å². The highest BCUT2D eigenvalue weighted by Gasteiger charge is 2.23. The number of nitrogens with one attached hydrogen (secondary N) is 1. The summed E-state index contributed by atoms with van der Waals surface area (Å²) in [6.07, 6.45) is 1.67. The second kappa shape index (κ2) is 6.19. The SMILES string of the molecule is CCC(C)(CC)NC(=O)c1ccc(C(=O)O)cc1Br. The van der Waals surface area contributed by atoms with Crippen LogP contribution in [0, 0.1) is 0 Å². The molecule has 0 spiro atoms. The van der Waals surface area contributed by atoms with E-state index in [1.807, 2.05) is 20.8 Å². The monoisotopic (exact) mass is 327 g/mol. The number of amides is 1. The second-order valence-electron chi connectivity index (χ2n) is 4.72. The Balaban J connectivity index is 2.98. The van der Waals surface area contributed by atoms with Crippen molar-refractivity contribution < 1.29 is 14.7 Å². The number of carbonyl (C=O) groups excluding carboxylic acids is 1. The van der Waals surface area contributed by atoms with Crippen molar-refractivity contribution in [2.24, 2.45) is 0 Å². The maximum atomic E-state index is 12.2. The zero-order valence-electron chi connectivity index (χ0n) is 11.3. The minimum absolute atomic E-state index is 0.150. The quantitative estimate of drug-likeness (QED) is 0.870. The molecule has 0 aliphatic rings.